The predicted octanol–water partition coefficient (Wildman–Crippen LogP) is 6.98. The van der Waals surface area contributed by atoms with Crippen LogP contribution in [0.5, 0.6) is 5.75 Å². The van der Waals surface area contributed by atoms with Crippen molar-refractivity contribution in [2.45, 2.75) is 77.7 Å². The van der Waals surface area contributed by atoms with Crippen molar-refractivity contribution in [3.05, 3.63) is 47.5 Å². The number of halogens is 1. The Labute approximate surface area is 277 Å². The van der Waals surface area contributed by atoms with Crippen molar-refractivity contribution in [1.82, 2.24) is 24.8 Å². The Kier molecular flexibility index (Phi) is 9.49. The number of H-pyrrole nitrogens is 1. The topological polar surface area (TPSA) is 111 Å². The number of alkyl halides is 1. The number of carbonyl (C=O) groups is 2. The number of carbonyl (C=O) groups excluding carboxylic acids is 2. The predicted molar refractivity (Wildman–Crippen MR) is 185 cm³/mol. The van der Waals surface area contributed by atoms with Crippen LogP contribution in [0.4, 0.5) is 9.18 Å². The number of hydrogen-bond acceptors (Lipinski definition) is 6. The molecule has 2 N–H and O–H groups in total. The SMILES string of the molecule is Cn1c(-c2cc3cccc(OCCO[Si](C)(C)C(C)(C)C)c3[nH]2)nc2cc3c(cc21)CCN(C[C@@H](CF)NC(=O)OC(C)(C)C)C3=O. The maximum Gasteiger partial charge on any atom is 0.408 e. The number of ether oxygens (including phenoxy) is 2. The molecule has 0 saturated heterocycles. The fraction of sp³-hybridized carbons (Fsp3) is 0.514. The Morgan fingerprint density at radius 3 is 2.55 bits per heavy atom. The molecule has 0 spiro atoms. The second kappa shape index (κ2) is 12.9. The minimum atomic E-state index is -1.86. The average Bonchev–Trinajstić information content (AvgIpc) is 3.55. The lowest BCUT2D eigenvalue weighted by Crippen LogP contribution is -2.50. The highest BCUT2D eigenvalue weighted by Gasteiger charge is 2.37. The van der Waals surface area contributed by atoms with Crippen LogP contribution in [0.1, 0.15) is 57.5 Å². The van der Waals surface area contributed by atoms with Gasteiger partial charge in [-0.15, -0.1) is 0 Å². The normalized spacial score (nSPS) is 14.9. The van der Waals surface area contributed by atoms with Crippen LogP contribution >= 0.6 is 0 Å². The van der Waals surface area contributed by atoms with Crippen LogP contribution in [-0.2, 0) is 22.6 Å². The summed E-state index contributed by atoms with van der Waals surface area (Å²) in [5, 5.41) is 3.69. The maximum absolute atomic E-state index is 13.9. The first-order valence-corrected chi connectivity index (χ1v) is 19.1. The summed E-state index contributed by atoms with van der Waals surface area (Å²) < 4.78 is 33.6. The molecule has 10 nitrogen and oxygen atoms in total. The molecular weight excluding hydrogens is 617 g/mol. The average molecular weight is 666 g/mol. The van der Waals surface area contributed by atoms with E-state index in [2.05, 4.69) is 50.2 Å². The first-order chi connectivity index (χ1) is 22.0. The monoisotopic (exact) mass is 665 g/mol. The van der Waals surface area contributed by atoms with E-state index in [1.165, 1.54) is 0 Å². The van der Waals surface area contributed by atoms with Gasteiger partial charge in [-0.25, -0.2) is 14.2 Å². The third kappa shape index (κ3) is 7.48. The number of nitrogens with one attached hydrogen (secondary N) is 2. The van der Waals surface area contributed by atoms with Gasteiger partial charge in [0.05, 0.1) is 34.9 Å². The second-order valence-corrected chi connectivity index (χ2v) is 19.7. The molecule has 47 heavy (non-hydrogen) atoms. The summed E-state index contributed by atoms with van der Waals surface area (Å²) >= 11 is 0. The molecule has 0 saturated carbocycles. The second-order valence-electron chi connectivity index (χ2n) is 14.9. The molecule has 2 aromatic carbocycles. The standard InChI is InChI=1S/C35H48FN5O5Si/c1-34(2,3)46-33(43)37-24(20-36)21-41-14-13-22-18-28-26(19-25(22)32(41)42)39-31(40(28)7)27-17-23-11-10-12-29(30(23)38-27)44-15-16-45-47(8,9)35(4,5)6/h10-12,17-19,24,38H,13-16,20-21H2,1-9H3,(H,37,43)/t24-/m1/s1. The van der Waals surface area contributed by atoms with Gasteiger partial charge in [0.1, 0.15) is 24.6 Å². The van der Waals surface area contributed by atoms with Gasteiger partial charge < -0.3 is 33.7 Å². The van der Waals surface area contributed by atoms with Crippen molar-refractivity contribution in [3.63, 3.8) is 0 Å². The number of hydrogen-bond donors (Lipinski definition) is 2. The van der Waals surface area contributed by atoms with Crippen LogP contribution in [0.25, 0.3) is 33.5 Å². The maximum atomic E-state index is 13.9. The van der Waals surface area contributed by atoms with E-state index >= 15 is 0 Å². The Morgan fingerprint density at radius 2 is 1.87 bits per heavy atom. The van der Waals surface area contributed by atoms with Gasteiger partial charge in [0.2, 0.25) is 0 Å². The molecule has 3 heterocycles. The van der Waals surface area contributed by atoms with Gasteiger partial charge >= 0.3 is 6.09 Å². The van der Waals surface area contributed by atoms with E-state index in [-0.39, 0.29) is 17.5 Å². The van der Waals surface area contributed by atoms with Crippen LogP contribution < -0.4 is 10.1 Å². The van der Waals surface area contributed by atoms with E-state index in [0.717, 1.165) is 39.3 Å². The van der Waals surface area contributed by atoms with Crippen molar-refractivity contribution < 1.29 is 27.9 Å². The van der Waals surface area contributed by atoms with Gasteiger partial charge in [-0.3, -0.25) is 4.79 Å². The number of aromatic nitrogens is 3. The van der Waals surface area contributed by atoms with Crippen molar-refractivity contribution >= 4 is 42.3 Å². The van der Waals surface area contributed by atoms with Crippen molar-refractivity contribution in [2.75, 3.05) is 33.0 Å². The number of rotatable bonds is 10. The van der Waals surface area contributed by atoms with E-state index in [1.807, 2.05) is 41.9 Å². The van der Waals surface area contributed by atoms with Gasteiger partial charge in [-0.2, -0.15) is 0 Å². The summed E-state index contributed by atoms with van der Waals surface area (Å²) in [6.07, 6.45) is -0.103. The van der Waals surface area contributed by atoms with Crippen molar-refractivity contribution in [3.8, 4) is 17.3 Å². The summed E-state index contributed by atoms with van der Waals surface area (Å²) in [6, 6.07) is 11.0. The third-order valence-corrected chi connectivity index (χ3v) is 13.6. The molecule has 0 fully saturated rings. The number of aryl methyl sites for hydroxylation is 1. The largest absolute Gasteiger partial charge is 0.489 e. The van der Waals surface area contributed by atoms with Crippen LogP contribution in [0.15, 0.2) is 36.4 Å². The number of fused-ring (bicyclic) bond motifs is 3. The van der Waals surface area contributed by atoms with Crippen molar-refractivity contribution in [1.29, 1.82) is 0 Å². The number of para-hydroxylation sites is 1. The molecule has 5 rings (SSSR count). The molecule has 0 radical (unpaired) electrons. The zero-order chi connectivity index (χ0) is 34.3. The van der Waals surface area contributed by atoms with Crippen LogP contribution in [-0.4, -0.2) is 84.4 Å². The van der Waals surface area contributed by atoms with E-state index in [9.17, 15) is 14.0 Å². The van der Waals surface area contributed by atoms with Crippen LogP contribution in [0, 0.1) is 0 Å². The summed E-state index contributed by atoms with van der Waals surface area (Å²) in [5.41, 5.74) is 4.05. The Balaban J connectivity index is 1.33. The zero-order valence-corrected chi connectivity index (χ0v) is 30.0. The summed E-state index contributed by atoms with van der Waals surface area (Å²) in [4.78, 5) is 35.8. The van der Waals surface area contributed by atoms with Crippen molar-refractivity contribution in [2.24, 2.45) is 7.05 Å². The number of imidazole rings is 1. The lowest BCUT2D eigenvalue weighted by atomic mass is 9.97. The van der Waals surface area contributed by atoms with E-state index in [4.69, 9.17) is 18.9 Å². The minimum Gasteiger partial charge on any atom is -0.489 e. The Bertz CT molecular complexity index is 1780. The molecule has 254 valence electrons. The highest BCUT2D eigenvalue weighted by molar-refractivity contribution is 6.74. The quantitative estimate of drug-likeness (QED) is 0.140. The summed E-state index contributed by atoms with van der Waals surface area (Å²) in [7, 11) is 0.104. The lowest BCUT2D eigenvalue weighted by molar-refractivity contribution is 0.0466. The smallest absolute Gasteiger partial charge is 0.408 e. The summed E-state index contributed by atoms with van der Waals surface area (Å²) in [6.45, 7) is 17.0. The number of benzene rings is 2. The highest BCUT2D eigenvalue weighted by atomic mass is 28.4. The van der Waals surface area contributed by atoms with Gasteiger partial charge in [0.25, 0.3) is 5.91 Å². The first kappa shape index (κ1) is 34.4. The van der Waals surface area contributed by atoms with Crippen LogP contribution in [0.2, 0.25) is 18.1 Å². The summed E-state index contributed by atoms with van der Waals surface area (Å²) in [5.74, 6) is 1.27. The number of nitrogens with zero attached hydrogens (tertiary/aromatic N) is 3. The fourth-order valence-electron chi connectivity index (χ4n) is 5.54. The molecule has 2 aromatic heterocycles. The van der Waals surface area contributed by atoms with E-state index in [1.54, 1.807) is 25.7 Å². The molecule has 1 aliphatic heterocycles. The number of alkyl carbamates (subject to hydrolysis) is 1. The molecule has 0 bridgehead atoms. The molecule has 0 unspecified atom stereocenters. The molecule has 1 atom stereocenters. The molecule has 2 amide bonds. The molecule has 4 aromatic rings. The Morgan fingerprint density at radius 1 is 1.13 bits per heavy atom. The van der Waals surface area contributed by atoms with Crippen LogP contribution in [0.3, 0.4) is 0 Å². The number of aromatic amines is 1. The molecular formula is C35H48FN5O5Si. The first-order valence-electron chi connectivity index (χ1n) is 16.2. The highest BCUT2D eigenvalue weighted by Crippen LogP contribution is 2.37. The van der Waals surface area contributed by atoms with E-state index < -0.39 is 32.7 Å². The lowest BCUT2D eigenvalue weighted by Gasteiger charge is -2.36. The Hall–Kier alpha value is -3.90. The van der Waals surface area contributed by atoms with Gasteiger partial charge in [-0.1, -0.05) is 32.9 Å². The number of amides is 2. The third-order valence-electron chi connectivity index (χ3n) is 9.09. The fourth-order valence-corrected chi connectivity index (χ4v) is 6.56. The van der Waals surface area contributed by atoms with Gasteiger partial charge in [0, 0.05) is 31.1 Å². The minimum absolute atomic E-state index is 0.0431. The van der Waals surface area contributed by atoms with E-state index in [0.29, 0.717) is 37.3 Å². The van der Waals surface area contributed by atoms with Gasteiger partial charge in [-0.05, 0) is 75.2 Å². The molecule has 1 aliphatic rings. The van der Waals surface area contributed by atoms with Gasteiger partial charge in [0.15, 0.2) is 14.1 Å². The zero-order valence-electron chi connectivity index (χ0n) is 29.0. The molecule has 0 aliphatic carbocycles. The molecule has 12 heteroatoms.